The first kappa shape index (κ1) is 24.0. The third kappa shape index (κ3) is 5.69. The number of carbonyl (C=O) groups excluding carboxylic acids is 2. The maximum absolute atomic E-state index is 12.7. The predicted molar refractivity (Wildman–Crippen MR) is 141 cm³/mol. The standard InChI is InChI=1S/C26H21N5O2S2/c1-3-18-9-11-19(12-10-18)23-16-34-25(29-23)30-24(33)20(14-27)13-21-15-35-26(28-21)31(17(2)32)22-7-5-4-6-8-22/h4-13,15-16H,3H2,1-2H3,(H,29,30,33)/b20-13+. The number of anilines is 3. The van der Waals surface area contributed by atoms with Gasteiger partial charge in [0.2, 0.25) is 5.91 Å². The Morgan fingerprint density at radius 3 is 2.46 bits per heavy atom. The largest absolute Gasteiger partial charge is 0.297 e. The van der Waals surface area contributed by atoms with E-state index < -0.39 is 5.91 Å². The van der Waals surface area contributed by atoms with Crippen LogP contribution in [0.15, 0.2) is 70.9 Å². The lowest BCUT2D eigenvalue weighted by Crippen LogP contribution is -2.22. The summed E-state index contributed by atoms with van der Waals surface area (Å²) in [4.78, 5) is 35.4. The molecule has 2 heterocycles. The maximum atomic E-state index is 12.7. The van der Waals surface area contributed by atoms with E-state index in [2.05, 4.69) is 34.3 Å². The van der Waals surface area contributed by atoms with Crippen molar-refractivity contribution in [2.75, 3.05) is 10.2 Å². The molecule has 0 saturated heterocycles. The van der Waals surface area contributed by atoms with Gasteiger partial charge in [-0.2, -0.15) is 5.26 Å². The van der Waals surface area contributed by atoms with Gasteiger partial charge in [-0.25, -0.2) is 9.97 Å². The van der Waals surface area contributed by atoms with Gasteiger partial charge in [-0.15, -0.1) is 22.7 Å². The second-order valence-corrected chi connectivity index (χ2v) is 9.15. The van der Waals surface area contributed by atoms with E-state index in [1.54, 1.807) is 5.38 Å². The number of para-hydroxylation sites is 1. The molecule has 0 unspecified atom stereocenters. The van der Waals surface area contributed by atoms with Crippen LogP contribution in [0.25, 0.3) is 17.3 Å². The number of nitrogens with one attached hydrogen (secondary N) is 1. The number of rotatable bonds is 7. The molecule has 4 rings (SSSR count). The molecular weight excluding hydrogens is 478 g/mol. The summed E-state index contributed by atoms with van der Waals surface area (Å²) in [7, 11) is 0. The fourth-order valence-electron chi connectivity index (χ4n) is 3.29. The molecule has 9 heteroatoms. The van der Waals surface area contributed by atoms with Gasteiger partial charge in [-0.3, -0.25) is 19.8 Å². The Bertz CT molecular complexity index is 1420. The number of hydrogen-bond acceptors (Lipinski definition) is 7. The highest BCUT2D eigenvalue weighted by atomic mass is 32.1. The summed E-state index contributed by atoms with van der Waals surface area (Å²) in [5.41, 5.74) is 3.94. The van der Waals surface area contributed by atoms with Crippen LogP contribution in [-0.2, 0) is 16.0 Å². The van der Waals surface area contributed by atoms with Gasteiger partial charge >= 0.3 is 0 Å². The minimum Gasteiger partial charge on any atom is -0.297 e. The van der Waals surface area contributed by atoms with Crippen molar-refractivity contribution in [3.8, 4) is 17.3 Å². The Morgan fingerprint density at radius 1 is 1.06 bits per heavy atom. The quantitative estimate of drug-likeness (QED) is 0.246. The first-order valence-electron chi connectivity index (χ1n) is 10.8. The van der Waals surface area contributed by atoms with E-state index in [1.165, 1.54) is 46.1 Å². The van der Waals surface area contributed by atoms with E-state index in [1.807, 2.05) is 53.9 Å². The van der Waals surface area contributed by atoms with Gasteiger partial charge in [-0.1, -0.05) is 49.4 Å². The highest BCUT2D eigenvalue weighted by Gasteiger charge is 2.18. The minimum atomic E-state index is -0.573. The summed E-state index contributed by atoms with van der Waals surface area (Å²) in [6, 6.07) is 19.2. The molecule has 0 spiro atoms. The maximum Gasteiger partial charge on any atom is 0.268 e. The van der Waals surface area contributed by atoms with E-state index in [9.17, 15) is 14.9 Å². The van der Waals surface area contributed by atoms with Crippen LogP contribution in [0.5, 0.6) is 0 Å². The van der Waals surface area contributed by atoms with Gasteiger partial charge in [0.1, 0.15) is 11.6 Å². The monoisotopic (exact) mass is 499 g/mol. The van der Waals surface area contributed by atoms with Gasteiger partial charge < -0.3 is 0 Å². The number of benzene rings is 2. The van der Waals surface area contributed by atoms with E-state index in [-0.39, 0.29) is 11.5 Å². The molecule has 0 bridgehead atoms. The third-order valence-electron chi connectivity index (χ3n) is 5.07. The molecule has 0 atom stereocenters. The van der Waals surface area contributed by atoms with Gasteiger partial charge in [-0.05, 0) is 30.2 Å². The number of nitrogens with zero attached hydrogens (tertiary/aromatic N) is 4. The van der Waals surface area contributed by atoms with Crippen LogP contribution < -0.4 is 10.2 Å². The first-order valence-corrected chi connectivity index (χ1v) is 12.5. The van der Waals surface area contributed by atoms with Crippen molar-refractivity contribution in [1.82, 2.24) is 9.97 Å². The Balaban J connectivity index is 1.50. The number of amides is 2. The molecule has 0 aliphatic carbocycles. The second-order valence-electron chi connectivity index (χ2n) is 7.46. The molecule has 0 aliphatic heterocycles. The van der Waals surface area contributed by atoms with Crippen LogP contribution in [-0.4, -0.2) is 21.8 Å². The highest BCUT2D eigenvalue weighted by molar-refractivity contribution is 7.14. The molecule has 2 aromatic heterocycles. The lowest BCUT2D eigenvalue weighted by Gasteiger charge is -2.17. The molecule has 0 aliphatic rings. The smallest absolute Gasteiger partial charge is 0.268 e. The number of aromatic nitrogens is 2. The van der Waals surface area contributed by atoms with Gasteiger partial charge in [0.25, 0.3) is 5.91 Å². The molecule has 35 heavy (non-hydrogen) atoms. The Morgan fingerprint density at radius 2 is 1.80 bits per heavy atom. The van der Waals surface area contributed by atoms with Gasteiger partial charge in [0, 0.05) is 23.2 Å². The summed E-state index contributed by atoms with van der Waals surface area (Å²) < 4.78 is 0. The van der Waals surface area contributed by atoms with Crippen molar-refractivity contribution in [2.45, 2.75) is 20.3 Å². The van der Waals surface area contributed by atoms with Crippen LogP contribution in [0.1, 0.15) is 25.1 Å². The van der Waals surface area contributed by atoms with Crippen molar-refractivity contribution in [2.24, 2.45) is 0 Å². The Hall–Kier alpha value is -4.13. The van der Waals surface area contributed by atoms with Crippen LogP contribution in [0.3, 0.4) is 0 Å². The minimum absolute atomic E-state index is 0.111. The summed E-state index contributed by atoms with van der Waals surface area (Å²) in [6.45, 7) is 3.55. The molecule has 0 saturated carbocycles. The number of thiazole rings is 2. The van der Waals surface area contributed by atoms with Crippen molar-refractivity contribution in [3.63, 3.8) is 0 Å². The van der Waals surface area contributed by atoms with E-state index >= 15 is 0 Å². The van der Waals surface area contributed by atoms with Crippen molar-refractivity contribution in [1.29, 1.82) is 5.26 Å². The van der Waals surface area contributed by atoms with Crippen molar-refractivity contribution >= 4 is 56.5 Å². The van der Waals surface area contributed by atoms with Crippen molar-refractivity contribution < 1.29 is 9.59 Å². The molecule has 2 aromatic carbocycles. The fourth-order valence-corrected chi connectivity index (χ4v) is 4.84. The zero-order valence-corrected chi connectivity index (χ0v) is 20.7. The zero-order chi connectivity index (χ0) is 24.8. The Labute approximate surface area is 211 Å². The molecule has 0 radical (unpaired) electrons. The molecule has 4 aromatic rings. The zero-order valence-electron chi connectivity index (χ0n) is 19.1. The normalized spacial score (nSPS) is 11.1. The highest BCUT2D eigenvalue weighted by Crippen LogP contribution is 2.30. The van der Waals surface area contributed by atoms with E-state index in [0.717, 1.165) is 17.7 Å². The molecule has 1 N–H and O–H groups in total. The summed E-state index contributed by atoms with van der Waals surface area (Å²) in [5, 5.41) is 16.7. The van der Waals surface area contributed by atoms with Crippen molar-refractivity contribution in [3.05, 3.63) is 82.2 Å². The molecular formula is C26H21N5O2S2. The average Bonchev–Trinajstić information content (AvgIpc) is 3.53. The SMILES string of the molecule is CCc1ccc(-c2csc(NC(=O)/C(C#N)=C/c3csc(N(C(C)=O)c4ccccc4)n3)n2)cc1. The Kier molecular flexibility index (Phi) is 7.45. The fraction of sp³-hybridized carbons (Fsp3) is 0.115. The predicted octanol–water partition coefficient (Wildman–Crippen LogP) is 6.06. The van der Waals surface area contributed by atoms with Crippen LogP contribution >= 0.6 is 22.7 Å². The second kappa shape index (κ2) is 10.9. The molecule has 174 valence electrons. The molecule has 2 amide bonds. The molecule has 7 nitrogen and oxygen atoms in total. The topological polar surface area (TPSA) is 99.0 Å². The van der Waals surface area contributed by atoms with Crippen LogP contribution in [0.2, 0.25) is 0 Å². The van der Waals surface area contributed by atoms with Gasteiger partial charge in [0.15, 0.2) is 10.3 Å². The molecule has 0 fully saturated rings. The number of carbonyl (C=O) groups is 2. The lowest BCUT2D eigenvalue weighted by atomic mass is 10.1. The first-order chi connectivity index (χ1) is 17.0. The van der Waals surface area contributed by atoms with E-state index in [0.29, 0.717) is 21.6 Å². The summed E-state index contributed by atoms with van der Waals surface area (Å²) in [6.07, 6.45) is 2.36. The lowest BCUT2D eigenvalue weighted by molar-refractivity contribution is -0.116. The van der Waals surface area contributed by atoms with Crippen LogP contribution in [0.4, 0.5) is 16.0 Å². The summed E-state index contributed by atoms with van der Waals surface area (Å²) >= 11 is 2.54. The average molecular weight is 500 g/mol. The van der Waals surface area contributed by atoms with E-state index in [4.69, 9.17) is 0 Å². The van der Waals surface area contributed by atoms with Gasteiger partial charge in [0.05, 0.1) is 17.1 Å². The number of aryl methyl sites for hydroxylation is 1. The third-order valence-corrected chi connectivity index (χ3v) is 6.67. The van der Waals surface area contributed by atoms with Crippen LogP contribution in [0, 0.1) is 11.3 Å². The number of hydrogen-bond donors (Lipinski definition) is 1. The number of nitriles is 1. The summed E-state index contributed by atoms with van der Waals surface area (Å²) in [5.74, 6) is -0.765.